The molecule has 0 saturated carbocycles. The van der Waals surface area contributed by atoms with Crippen molar-refractivity contribution >= 4 is 5.91 Å². The molecule has 1 amide bonds. The Labute approximate surface area is 132 Å². The second-order valence-electron chi connectivity index (χ2n) is 6.30. The lowest BCUT2D eigenvalue weighted by Crippen LogP contribution is -2.35. The molecule has 4 heteroatoms. The molecule has 0 aliphatic carbocycles. The van der Waals surface area contributed by atoms with Crippen molar-refractivity contribution < 1.29 is 4.79 Å². The normalized spacial score (nSPS) is 11.0. The molecule has 1 heterocycles. The molecule has 1 aromatic heterocycles. The van der Waals surface area contributed by atoms with E-state index >= 15 is 0 Å². The molecule has 22 heavy (non-hydrogen) atoms. The third-order valence-electron chi connectivity index (χ3n) is 3.72. The van der Waals surface area contributed by atoms with Gasteiger partial charge in [-0.3, -0.25) is 9.48 Å². The monoisotopic (exact) mass is 299 g/mol. The summed E-state index contributed by atoms with van der Waals surface area (Å²) >= 11 is 0. The van der Waals surface area contributed by atoms with E-state index < -0.39 is 0 Å². The van der Waals surface area contributed by atoms with E-state index in [1.54, 1.807) is 4.68 Å². The van der Waals surface area contributed by atoms with Crippen LogP contribution >= 0.6 is 0 Å². The summed E-state index contributed by atoms with van der Waals surface area (Å²) in [5.41, 5.74) is 3.92. The highest BCUT2D eigenvalue weighted by Crippen LogP contribution is 2.15. The topological polar surface area (TPSA) is 38.1 Å². The lowest BCUT2D eigenvalue weighted by atomic mass is 10.1. The van der Waals surface area contributed by atoms with Gasteiger partial charge in [-0.05, 0) is 37.0 Å². The van der Waals surface area contributed by atoms with Crippen molar-refractivity contribution in [2.45, 2.75) is 34.2 Å². The van der Waals surface area contributed by atoms with Crippen LogP contribution in [0.1, 0.15) is 41.2 Å². The Hall–Kier alpha value is -2.10. The molecule has 0 radical (unpaired) electrons. The smallest absolute Gasteiger partial charge is 0.272 e. The van der Waals surface area contributed by atoms with E-state index in [1.807, 2.05) is 37.1 Å². The van der Waals surface area contributed by atoms with Crippen LogP contribution in [0.25, 0.3) is 0 Å². The molecule has 0 N–H and O–H groups in total. The Balaban J connectivity index is 2.28. The van der Waals surface area contributed by atoms with Crippen molar-refractivity contribution in [3.8, 4) is 0 Å². The number of nitrogens with zero attached hydrogens (tertiary/aromatic N) is 3. The minimum absolute atomic E-state index is 0.0417. The number of carbonyl (C=O) groups is 1. The van der Waals surface area contributed by atoms with Crippen LogP contribution in [0.2, 0.25) is 0 Å². The fraction of sp³-hybridized carbons (Fsp3) is 0.444. The van der Waals surface area contributed by atoms with E-state index in [1.165, 1.54) is 11.1 Å². The molecule has 0 spiro atoms. The van der Waals surface area contributed by atoms with Gasteiger partial charge in [0.1, 0.15) is 5.69 Å². The van der Waals surface area contributed by atoms with Crippen LogP contribution in [0.5, 0.6) is 0 Å². The summed E-state index contributed by atoms with van der Waals surface area (Å²) in [5, 5.41) is 4.29. The molecular formula is C18H25N3O. The third kappa shape index (κ3) is 3.75. The molecule has 0 fully saturated rings. The number of amides is 1. The van der Waals surface area contributed by atoms with E-state index in [-0.39, 0.29) is 5.91 Å². The summed E-state index contributed by atoms with van der Waals surface area (Å²) in [6.07, 6.45) is 0. The Kier molecular flexibility index (Phi) is 5.01. The highest BCUT2D eigenvalue weighted by Gasteiger charge is 2.21. The molecule has 0 atom stereocenters. The number of carbonyl (C=O) groups excluding carboxylic acids is 1. The number of hydrogen-bond donors (Lipinski definition) is 0. The Bertz CT molecular complexity index is 658. The van der Waals surface area contributed by atoms with Crippen LogP contribution in [-0.4, -0.2) is 27.1 Å². The number of aryl methyl sites for hydroxylation is 3. The van der Waals surface area contributed by atoms with E-state index in [0.717, 1.165) is 12.2 Å². The standard InChI is InChI=1S/C18H25N3O/c1-13(2)11-21(12-16-9-7-6-8-14(16)3)18(22)17-10-15(4)19-20(17)5/h6-10,13H,11-12H2,1-5H3. The van der Waals surface area contributed by atoms with Gasteiger partial charge >= 0.3 is 0 Å². The first-order valence-corrected chi connectivity index (χ1v) is 7.73. The maximum atomic E-state index is 12.9. The van der Waals surface area contributed by atoms with Crippen molar-refractivity contribution in [1.82, 2.24) is 14.7 Å². The molecule has 2 rings (SSSR count). The molecule has 118 valence electrons. The molecule has 0 saturated heterocycles. The minimum Gasteiger partial charge on any atom is -0.333 e. The highest BCUT2D eigenvalue weighted by molar-refractivity contribution is 5.92. The molecule has 0 aliphatic rings. The number of rotatable bonds is 5. The van der Waals surface area contributed by atoms with Gasteiger partial charge in [-0.25, -0.2) is 0 Å². The second-order valence-corrected chi connectivity index (χ2v) is 6.30. The fourth-order valence-corrected chi connectivity index (χ4v) is 2.63. The van der Waals surface area contributed by atoms with Gasteiger partial charge in [0.05, 0.1) is 5.69 Å². The summed E-state index contributed by atoms with van der Waals surface area (Å²) in [6, 6.07) is 10.1. The highest BCUT2D eigenvalue weighted by atomic mass is 16.2. The zero-order valence-electron chi connectivity index (χ0n) is 14.1. The van der Waals surface area contributed by atoms with Gasteiger partial charge < -0.3 is 4.90 Å². The van der Waals surface area contributed by atoms with Gasteiger partial charge in [-0.15, -0.1) is 0 Å². The van der Waals surface area contributed by atoms with Gasteiger partial charge in [-0.2, -0.15) is 5.10 Å². The molecule has 1 aromatic carbocycles. The Morgan fingerprint density at radius 2 is 1.95 bits per heavy atom. The molecule has 2 aromatic rings. The third-order valence-corrected chi connectivity index (χ3v) is 3.72. The SMILES string of the molecule is Cc1cc(C(=O)N(Cc2ccccc2C)CC(C)C)n(C)n1. The van der Waals surface area contributed by atoms with E-state index in [4.69, 9.17) is 0 Å². The first kappa shape index (κ1) is 16.3. The van der Waals surface area contributed by atoms with Crippen molar-refractivity contribution in [3.63, 3.8) is 0 Å². The van der Waals surface area contributed by atoms with Crippen molar-refractivity contribution in [2.75, 3.05) is 6.54 Å². The predicted octanol–water partition coefficient (Wildman–Crippen LogP) is 3.34. The van der Waals surface area contributed by atoms with Crippen LogP contribution in [0.3, 0.4) is 0 Å². The molecule has 0 unspecified atom stereocenters. The van der Waals surface area contributed by atoms with E-state index in [9.17, 15) is 4.79 Å². The maximum Gasteiger partial charge on any atom is 0.272 e. The minimum atomic E-state index is 0.0417. The van der Waals surface area contributed by atoms with E-state index in [0.29, 0.717) is 18.2 Å². The molecular weight excluding hydrogens is 274 g/mol. The molecule has 0 bridgehead atoms. The predicted molar refractivity (Wildman–Crippen MR) is 88.7 cm³/mol. The Morgan fingerprint density at radius 3 is 2.50 bits per heavy atom. The number of hydrogen-bond acceptors (Lipinski definition) is 2. The van der Waals surface area contributed by atoms with Crippen LogP contribution < -0.4 is 0 Å². The lowest BCUT2D eigenvalue weighted by molar-refractivity contribution is 0.0711. The first-order chi connectivity index (χ1) is 10.4. The summed E-state index contributed by atoms with van der Waals surface area (Å²) in [7, 11) is 1.82. The quantitative estimate of drug-likeness (QED) is 0.849. The van der Waals surface area contributed by atoms with Crippen molar-refractivity contribution in [2.24, 2.45) is 13.0 Å². The number of aromatic nitrogens is 2. The lowest BCUT2D eigenvalue weighted by Gasteiger charge is -2.25. The van der Waals surface area contributed by atoms with Gasteiger partial charge in [0.15, 0.2) is 0 Å². The summed E-state index contributed by atoms with van der Waals surface area (Å²) in [4.78, 5) is 14.8. The van der Waals surface area contributed by atoms with Crippen molar-refractivity contribution in [1.29, 1.82) is 0 Å². The fourth-order valence-electron chi connectivity index (χ4n) is 2.63. The molecule has 4 nitrogen and oxygen atoms in total. The second kappa shape index (κ2) is 6.77. The Morgan fingerprint density at radius 1 is 1.27 bits per heavy atom. The zero-order valence-corrected chi connectivity index (χ0v) is 14.1. The number of benzene rings is 1. The average molecular weight is 299 g/mol. The summed E-state index contributed by atoms with van der Waals surface area (Å²) < 4.78 is 1.67. The van der Waals surface area contributed by atoms with Gasteiger partial charge in [0.25, 0.3) is 5.91 Å². The first-order valence-electron chi connectivity index (χ1n) is 7.73. The van der Waals surface area contributed by atoms with Gasteiger partial charge in [0, 0.05) is 20.1 Å². The van der Waals surface area contributed by atoms with Crippen LogP contribution in [0.15, 0.2) is 30.3 Å². The van der Waals surface area contributed by atoms with Crippen LogP contribution in [0, 0.1) is 19.8 Å². The maximum absolute atomic E-state index is 12.9. The zero-order chi connectivity index (χ0) is 16.3. The molecule has 0 aliphatic heterocycles. The van der Waals surface area contributed by atoms with E-state index in [2.05, 4.69) is 38.0 Å². The van der Waals surface area contributed by atoms with Gasteiger partial charge in [0.2, 0.25) is 0 Å². The summed E-state index contributed by atoms with van der Waals surface area (Å²) in [5.74, 6) is 0.461. The van der Waals surface area contributed by atoms with Crippen LogP contribution in [0.4, 0.5) is 0 Å². The summed E-state index contributed by atoms with van der Waals surface area (Å²) in [6.45, 7) is 9.62. The van der Waals surface area contributed by atoms with Crippen LogP contribution in [-0.2, 0) is 13.6 Å². The van der Waals surface area contributed by atoms with Gasteiger partial charge in [-0.1, -0.05) is 38.1 Å². The average Bonchev–Trinajstić information content (AvgIpc) is 2.78. The van der Waals surface area contributed by atoms with Crippen molar-refractivity contribution in [3.05, 3.63) is 52.8 Å². The largest absolute Gasteiger partial charge is 0.333 e.